The predicted octanol–water partition coefficient (Wildman–Crippen LogP) is 1.68. The average Bonchev–Trinajstić information content (AvgIpc) is 2.93. The smallest absolute Gasteiger partial charge is 0.0527 e. The second-order valence-corrected chi connectivity index (χ2v) is 5.51. The lowest BCUT2D eigenvalue weighted by molar-refractivity contribution is 0.411. The normalized spacial score (nSPS) is 27.2. The van der Waals surface area contributed by atoms with Gasteiger partial charge in [-0.1, -0.05) is 18.2 Å². The number of nitrogens with zero attached hydrogens (tertiary/aromatic N) is 1. The Morgan fingerprint density at radius 1 is 1.26 bits per heavy atom. The van der Waals surface area contributed by atoms with Crippen molar-refractivity contribution in [3.63, 3.8) is 0 Å². The molecule has 0 bridgehead atoms. The Morgan fingerprint density at radius 3 is 2.84 bits per heavy atom. The van der Waals surface area contributed by atoms with Crippen LogP contribution in [0.1, 0.15) is 24.9 Å². The molecule has 0 amide bonds. The van der Waals surface area contributed by atoms with Crippen LogP contribution in [-0.4, -0.2) is 17.2 Å². The Bertz CT molecular complexity index is 575. The first-order valence-electron chi connectivity index (χ1n) is 6.97. The lowest BCUT2D eigenvalue weighted by Gasteiger charge is -2.20. The molecule has 1 aliphatic rings. The van der Waals surface area contributed by atoms with E-state index in [9.17, 15) is 0 Å². The van der Waals surface area contributed by atoms with Crippen molar-refractivity contribution in [3.8, 4) is 0 Å². The summed E-state index contributed by atoms with van der Waals surface area (Å²) in [6.07, 6.45) is 3.28. The highest BCUT2D eigenvalue weighted by molar-refractivity contribution is 5.84. The molecular weight excluding hydrogens is 236 g/mol. The van der Waals surface area contributed by atoms with Gasteiger partial charge in [-0.25, -0.2) is 5.43 Å². The summed E-state index contributed by atoms with van der Waals surface area (Å²) in [6.45, 7) is 2.96. The van der Waals surface area contributed by atoms with Gasteiger partial charge in [0.15, 0.2) is 0 Å². The third-order valence-electron chi connectivity index (χ3n) is 4.30. The van der Waals surface area contributed by atoms with Gasteiger partial charge in [0.1, 0.15) is 0 Å². The highest BCUT2D eigenvalue weighted by Crippen LogP contribution is 2.35. The highest BCUT2D eigenvalue weighted by atomic mass is 15.4. The fraction of sp³-hybridized carbons (Fsp3) is 0.467. The molecule has 2 heterocycles. The third kappa shape index (κ3) is 2.06. The quantitative estimate of drug-likeness (QED) is 0.785. The molecule has 0 radical (unpaired) electrons. The second kappa shape index (κ2) is 4.96. The van der Waals surface area contributed by atoms with Crippen LogP contribution in [0.5, 0.6) is 0 Å². The van der Waals surface area contributed by atoms with Crippen LogP contribution in [0, 0.1) is 5.92 Å². The Kier molecular flexibility index (Phi) is 3.31. The zero-order chi connectivity index (χ0) is 13.4. The standard InChI is InChI=1S/C15H22N4/c1-10-11(7-8-16)15(18-17-10)13-9-19(2)14-6-4-3-5-12(13)14/h3-6,9-11,15,17-18H,7-8,16H2,1-2H3. The van der Waals surface area contributed by atoms with Crippen molar-refractivity contribution in [2.24, 2.45) is 18.7 Å². The summed E-state index contributed by atoms with van der Waals surface area (Å²) in [5, 5.41) is 1.33. The number of hydrazine groups is 1. The molecule has 3 atom stereocenters. The van der Waals surface area contributed by atoms with Gasteiger partial charge < -0.3 is 10.3 Å². The molecule has 4 N–H and O–H groups in total. The van der Waals surface area contributed by atoms with E-state index >= 15 is 0 Å². The molecule has 102 valence electrons. The van der Waals surface area contributed by atoms with Crippen molar-refractivity contribution in [1.29, 1.82) is 0 Å². The Balaban J connectivity index is 2.04. The maximum Gasteiger partial charge on any atom is 0.0527 e. The van der Waals surface area contributed by atoms with Crippen LogP contribution in [-0.2, 0) is 7.05 Å². The van der Waals surface area contributed by atoms with Crippen molar-refractivity contribution < 1.29 is 0 Å². The molecule has 1 aliphatic heterocycles. The topological polar surface area (TPSA) is 55.0 Å². The van der Waals surface area contributed by atoms with Crippen LogP contribution in [0.2, 0.25) is 0 Å². The average molecular weight is 258 g/mol. The summed E-state index contributed by atoms with van der Waals surface area (Å²) in [6, 6.07) is 9.36. The van der Waals surface area contributed by atoms with Gasteiger partial charge in [-0.3, -0.25) is 5.43 Å². The first-order valence-corrected chi connectivity index (χ1v) is 6.97. The molecule has 0 saturated carbocycles. The molecule has 4 nitrogen and oxygen atoms in total. The van der Waals surface area contributed by atoms with Gasteiger partial charge in [0.05, 0.1) is 6.04 Å². The number of nitrogens with two attached hydrogens (primary N) is 1. The van der Waals surface area contributed by atoms with Crippen LogP contribution in [0.3, 0.4) is 0 Å². The van der Waals surface area contributed by atoms with E-state index in [1.807, 2.05) is 0 Å². The highest BCUT2D eigenvalue weighted by Gasteiger charge is 2.34. The maximum absolute atomic E-state index is 5.77. The van der Waals surface area contributed by atoms with Gasteiger partial charge in [-0.2, -0.15) is 0 Å². The molecule has 0 aliphatic carbocycles. The number of benzene rings is 1. The Hall–Kier alpha value is -1.36. The minimum absolute atomic E-state index is 0.338. The summed E-state index contributed by atoms with van der Waals surface area (Å²) in [4.78, 5) is 0. The van der Waals surface area contributed by atoms with E-state index in [1.165, 1.54) is 16.5 Å². The molecule has 3 unspecified atom stereocenters. The van der Waals surface area contributed by atoms with Gasteiger partial charge in [-0.05, 0) is 37.4 Å². The summed E-state index contributed by atoms with van der Waals surface area (Å²) in [7, 11) is 2.11. The summed E-state index contributed by atoms with van der Waals surface area (Å²) in [5.74, 6) is 0.538. The minimum atomic E-state index is 0.338. The first-order chi connectivity index (χ1) is 9.22. The summed E-state index contributed by atoms with van der Waals surface area (Å²) < 4.78 is 2.20. The second-order valence-electron chi connectivity index (χ2n) is 5.51. The molecule has 4 heteroatoms. The molecule has 2 aromatic rings. The SMILES string of the molecule is CC1NNC(c2cn(C)c3ccccc23)C1CCN. The maximum atomic E-state index is 5.77. The fourth-order valence-electron chi connectivity index (χ4n) is 3.26. The Labute approximate surface area is 113 Å². The molecule has 0 spiro atoms. The monoisotopic (exact) mass is 258 g/mol. The summed E-state index contributed by atoms with van der Waals surface area (Å²) in [5.41, 5.74) is 15.2. The van der Waals surface area contributed by atoms with Crippen LogP contribution < -0.4 is 16.6 Å². The van der Waals surface area contributed by atoms with Crippen molar-refractivity contribution in [3.05, 3.63) is 36.0 Å². The number of hydrogen-bond donors (Lipinski definition) is 3. The number of nitrogens with one attached hydrogen (secondary N) is 2. The number of aryl methyl sites for hydroxylation is 1. The number of hydrogen-bond acceptors (Lipinski definition) is 3. The van der Waals surface area contributed by atoms with Gasteiger partial charge >= 0.3 is 0 Å². The van der Waals surface area contributed by atoms with Gasteiger partial charge in [-0.15, -0.1) is 0 Å². The van der Waals surface area contributed by atoms with E-state index in [1.54, 1.807) is 0 Å². The van der Waals surface area contributed by atoms with Gasteiger partial charge in [0.25, 0.3) is 0 Å². The van der Waals surface area contributed by atoms with E-state index in [0.717, 1.165) is 13.0 Å². The van der Waals surface area contributed by atoms with Crippen LogP contribution in [0.15, 0.2) is 30.5 Å². The van der Waals surface area contributed by atoms with Gasteiger partial charge in [0, 0.05) is 30.2 Å². The van der Waals surface area contributed by atoms with Crippen molar-refractivity contribution in [2.45, 2.75) is 25.4 Å². The molecule has 1 aromatic heterocycles. The third-order valence-corrected chi connectivity index (χ3v) is 4.30. The van der Waals surface area contributed by atoms with Crippen LogP contribution in [0.25, 0.3) is 10.9 Å². The largest absolute Gasteiger partial charge is 0.350 e. The molecule has 3 rings (SSSR count). The molecule has 19 heavy (non-hydrogen) atoms. The van der Waals surface area contributed by atoms with E-state index in [0.29, 0.717) is 18.0 Å². The first kappa shape index (κ1) is 12.7. The fourth-order valence-corrected chi connectivity index (χ4v) is 3.26. The van der Waals surface area contributed by atoms with Crippen molar-refractivity contribution >= 4 is 10.9 Å². The molecule has 1 fully saturated rings. The number of rotatable bonds is 3. The number of para-hydroxylation sites is 1. The van der Waals surface area contributed by atoms with E-state index < -0.39 is 0 Å². The van der Waals surface area contributed by atoms with Gasteiger partial charge in [0.2, 0.25) is 0 Å². The molecular formula is C15H22N4. The molecule has 1 aromatic carbocycles. The summed E-state index contributed by atoms with van der Waals surface area (Å²) >= 11 is 0. The van der Waals surface area contributed by atoms with E-state index in [2.05, 4.69) is 59.9 Å². The minimum Gasteiger partial charge on any atom is -0.350 e. The lowest BCUT2D eigenvalue weighted by Crippen LogP contribution is -2.29. The molecule has 1 saturated heterocycles. The van der Waals surface area contributed by atoms with Crippen LogP contribution in [0.4, 0.5) is 0 Å². The number of aromatic nitrogens is 1. The zero-order valence-electron chi connectivity index (χ0n) is 11.6. The predicted molar refractivity (Wildman–Crippen MR) is 78.6 cm³/mol. The van der Waals surface area contributed by atoms with E-state index in [4.69, 9.17) is 5.73 Å². The van der Waals surface area contributed by atoms with Crippen LogP contribution >= 0.6 is 0 Å². The Morgan fingerprint density at radius 2 is 2.05 bits per heavy atom. The lowest BCUT2D eigenvalue weighted by atomic mass is 9.87. The van der Waals surface area contributed by atoms with Crippen molar-refractivity contribution in [2.75, 3.05) is 6.54 Å². The number of fused-ring (bicyclic) bond motifs is 1. The van der Waals surface area contributed by atoms with Crippen molar-refractivity contribution in [1.82, 2.24) is 15.4 Å². The zero-order valence-corrected chi connectivity index (χ0v) is 11.6. The van der Waals surface area contributed by atoms with E-state index in [-0.39, 0.29) is 0 Å².